The summed E-state index contributed by atoms with van der Waals surface area (Å²) in [4.78, 5) is 13.6. The van der Waals surface area contributed by atoms with Gasteiger partial charge in [0.15, 0.2) is 0 Å². The summed E-state index contributed by atoms with van der Waals surface area (Å²) in [7, 11) is 0. The molecule has 2 N–H and O–H groups in total. The van der Waals surface area contributed by atoms with Crippen LogP contribution in [0, 0.1) is 0 Å². The predicted octanol–water partition coefficient (Wildman–Crippen LogP) is 2.70. The molecule has 0 saturated heterocycles. The van der Waals surface area contributed by atoms with Crippen molar-refractivity contribution in [3.63, 3.8) is 0 Å². The van der Waals surface area contributed by atoms with E-state index < -0.39 is 0 Å². The maximum atomic E-state index is 12.5. The number of hydrogen-bond donors (Lipinski definition) is 1. The third kappa shape index (κ3) is 3.52. The molecule has 7 heteroatoms. The van der Waals surface area contributed by atoms with E-state index in [2.05, 4.69) is 5.10 Å². The molecular weight excluding hydrogens is 329 g/mol. The second kappa shape index (κ2) is 7.37. The van der Waals surface area contributed by atoms with Crippen molar-refractivity contribution in [2.24, 2.45) is 5.73 Å². The van der Waals surface area contributed by atoms with Crippen LogP contribution >= 0.6 is 11.3 Å². The lowest BCUT2D eigenvalue weighted by molar-refractivity contribution is 0.348. The SMILES string of the molecule is NC/C(=C\F)COc1ccc2c(=O)n(Cc3cccs3)ncc2c1. The highest BCUT2D eigenvalue weighted by atomic mass is 32.1. The Labute approximate surface area is 141 Å². The standard InChI is InChI=1S/C17H16FN3O2S/c18-7-12(8-19)11-23-14-3-4-16-13(6-14)9-20-21(17(16)22)10-15-2-1-5-24-15/h1-7,9H,8,10-11,19H2/b12-7+. The van der Waals surface area contributed by atoms with Gasteiger partial charge in [-0.3, -0.25) is 4.79 Å². The number of fused-ring (bicyclic) bond motifs is 1. The molecule has 0 fully saturated rings. The molecule has 124 valence electrons. The van der Waals surface area contributed by atoms with Crippen molar-refractivity contribution in [1.29, 1.82) is 0 Å². The van der Waals surface area contributed by atoms with Gasteiger partial charge in [0.25, 0.3) is 5.56 Å². The molecule has 0 saturated carbocycles. The van der Waals surface area contributed by atoms with Gasteiger partial charge in [0.05, 0.1) is 24.5 Å². The first kappa shape index (κ1) is 16.4. The Morgan fingerprint density at radius 3 is 3.00 bits per heavy atom. The summed E-state index contributed by atoms with van der Waals surface area (Å²) < 4.78 is 19.4. The van der Waals surface area contributed by atoms with Crippen LogP contribution in [-0.4, -0.2) is 22.9 Å². The highest BCUT2D eigenvalue weighted by molar-refractivity contribution is 7.09. The number of nitrogens with two attached hydrogens (primary N) is 1. The zero-order valence-electron chi connectivity index (χ0n) is 12.8. The number of halogens is 1. The van der Waals surface area contributed by atoms with Crippen LogP contribution in [0.3, 0.4) is 0 Å². The summed E-state index contributed by atoms with van der Waals surface area (Å²) in [6.07, 6.45) is 2.08. The Bertz CT molecular complexity index is 919. The van der Waals surface area contributed by atoms with E-state index in [0.29, 0.717) is 35.0 Å². The molecule has 24 heavy (non-hydrogen) atoms. The molecule has 2 aromatic heterocycles. The summed E-state index contributed by atoms with van der Waals surface area (Å²) in [5, 5.41) is 7.42. The van der Waals surface area contributed by atoms with Gasteiger partial charge >= 0.3 is 0 Å². The molecule has 0 aliphatic carbocycles. The Kier molecular flexibility index (Phi) is 5.02. The first-order chi connectivity index (χ1) is 11.7. The number of aromatic nitrogens is 2. The summed E-state index contributed by atoms with van der Waals surface area (Å²) in [5.41, 5.74) is 5.60. The Morgan fingerprint density at radius 1 is 1.42 bits per heavy atom. The smallest absolute Gasteiger partial charge is 0.274 e. The lowest BCUT2D eigenvalue weighted by atomic mass is 10.2. The minimum absolute atomic E-state index is 0.0708. The molecule has 3 aromatic rings. The van der Waals surface area contributed by atoms with Crippen molar-refractivity contribution < 1.29 is 9.13 Å². The molecule has 0 aliphatic heterocycles. The number of ether oxygens (including phenoxy) is 1. The Hall–Kier alpha value is -2.51. The van der Waals surface area contributed by atoms with E-state index in [4.69, 9.17) is 10.5 Å². The van der Waals surface area contributed by atoms with Crippen molar-refractivity contribution in [3.05, 3.63) is 69.0 Å². The topological polar surface area (TPSA) is 70.1 Å². The summed E-state index contributed by atoms with van der Waals surface area (Å²) in [6, 6.07) is 9.00. The van der Waals surface area contributed by atoms with Crippen LogP contribution in [0.5, 0.6) is 5.75 Å². The molecule has 0 bridgehead atoms. The van der Waals surface area contributed by atoms with E-state index in [-0.39, 0.29) is 18.7 Å². The molecule has 0 radical (unpaired) electrons. The lowest BCUT2D eigenvalue weighted by Crippen LogP contribution is -2.22. The molecule has 1 aromatic carbocycles. The largest absolute Gasteiger partial charge is 0.489 e. The van der Waals surface area contributed by atoms with Crippen LogP contribution in [0.1, 0.15) is 4.88 Å². The van der Waals surface area contributed by atoms with E-state index >= 15 is 0 Å². The Balaban J connectivity index is 1.85. The zero-order valence-corrected chi connectivity index (χ0v) is 13.6. The van der Waals surface area contributed by atoms with E-state index in [1.54, 1.807) is 35.7 Å². The maximum absolute atomic E-state index is 12.5. The van der Waals surface area contributed by atoms with Crippen LogP contribution in [0.15, 0.2) is 58.6 Å². The predicted molar refractivity (Wildman–Crippen MR) is 93.2 cm³/mol. The first-order valence-electron chi connectivity index (χ1n) is 7.34. The zero-order chi connectivity index (χ0) is 16.9. The second-order valence-corrected chi connectivity index (χ2v) is 6.23. The molecule has 0 amide bonds. The Morgan fingerprint density at radius 2 is 2.29 bits per heavy atom. The van der Waals surface area contributed by atoms with Crippen LogP contribution in [0.4, 0.5) is 4.39 Å². The van der Waals surface area contributed by atoms with E-state index in [9.17, 15) is 9.18 Å². The first-order valence-corrected chi connectivity index (χ1v) is 8.22. The van der Waals surface area contributed by atoms with Gasteiger partial charge in [-0.1, -0.05) is 6.07 Å². The second-order valence-electron chi connectivity index (χ2n) is 5.20. The molecule has 0 spiro atoms. The summed E-state index contributed by atoms with van der Waals surface area (Å²) in [5.74, 6) is 0.535. The number of thiophene rings is 1. The molecule has 3 rings (SSSR count). The van der Waals surface area contributed by atoms with Crippen LogP contribution < -0.4 is 16.0 Å². The van der Waals surface area contributed by atoms with Gasteiger partial charge in [0, 0.05) is 22.4 Å². The quantitative estimate of drug-likeness (QED) is 0.746. The van der Waals surface area contributed by atoms with Crippen molar-refractivity contribution in [2.75, 3.05) is 13.2 Å². The normalized spacial score (nSPS) is 11.8. The van der Waals surface area contributed by atoms with Crippen molar-refractivity contribution in [2.45, 2.75) is 6.54 Å². The molecule has 0 unspecified atom stereocenters. The van der Waals surface area contributed by atoms with Crippen molar-refractivity contribution in [1.82, 2.24) is 9.78 Å². The average Bonchev–Trinajstić information content (AvgIpc) is 3.11. The molecule has 5 nitrogen and oxygen atoms in total. The summed E-state index contributed by atoms with van der Waals surface area (Å²) in [6.45, 7) is 0.617. The fourth-order valence-corrected chi connectivity index (χ4v) is 2.92. The molecular formula is C17H16FN3O2S. The van der Waals surface area contributed by atoms with Crippen LogP contribution in [-0.2, 0) is 6.54 Å². The number of hydrogen-bond acceptors (Lipinski definition) is 5. The number of rotatable bonds is 6. The monoisotopic (exact) mass is 345 g/mol. The molecule has 2 heterocycles. The fourth-order valence-electron chi connectivity index (χ4n) is 2.23. The van der Waals surface area contributed by atoms with Gasteiger partial charge < -0.3 is 10.5 Å². The highest BCUT2D eigenvalue weighted by Crippen LogP contribution is 2.19. The number of nitrogens with zero attached hydrogens (tertiary/aromatic N) is 2. The van der Waals surface area contributed by atoms with Crippen LogP contribution in [0.2, 0.25) is 0 Å². The maximum Gasteiger partial charge on any atom is 0.274 e. The van der Waals surface area contributed by atoms with E-state index in [1.807, 2.05) is 17.5 Å². The van der Waals surface area contributed by atoms with Crippen molar-refractivity contribution in [3.8, 4) is 5.75 Å². The third-order valence-corrected chi connectivity index (χ3v) is 4.41. The average molecular weight is 345 g/mol. The molecule has 0 atom stereocenters. The van der Waals surface area contributed by atoms with Gasteiger partial charge in [-0.05, 0) is 29.6 Å². The van der Waals surface area contributed by atoms with E-state index in [0.717, 1.165) is 4.88 Å². The third-order valence-electron chi connectivity index (χ3n) is 3.55. The number of benzene rings is 1. The lowest BCUT2D eigenvalue weighted by Gasteiger charge is -2.09. The fraction of sp³-hybridized carbons (Fsp3) is 0.176. The van der Waals surface area contributed by atoms with Crippen LogP contribution in [0.25, 0.3) is 10.8 Å². The van der Waals surface area contributed by atoms with Crippen molar-refractivity contribution >= 4 is 22.1 Å². The van der Waals surface area contributed by atoms with Gasteiger partial charge in [-0.25, -0.2) is 9.07 Å². The van der Waals surface area contributed by atoms with Gasteiger partial charge in [-0.2, -0.15) is 5.10 Å². The minimum atomic E-state index is -0.154. The highest BCUT2D eigenvalue weighted by Gasteiger charge is 2.07. The van der Waals surface area contributed by atoms with E-state index in [1.165, 1.54) is 4.68 Å². The molecule has 0 aliphatic rings. The summed E-state index contributed by atoms with van der Waals surface area (Å²) >= 11 is 1.58. The van der Waals surface area contributed by atoms with Gasteiger partial charge in [0.2, 0.25) is 0 Å². The minimum Gasteiger partial charge on any atom is -0.489 e. The van der Waals surface area contributed by atoms with Gasteiger partial charge in [-0.15, -0.1) is 11.3 Å². The van der Waals surface area contributed by atoms with Gasteiger partial charge in [0.1, 0.15) is 12.4 Å².